The average Bonchev–Trinajstić information content (AvgIpc) is 2.67. The quantitative estimate of drug-likeness (QED) is 0.780. The van der Waals surface area contributed by atoms with E-state index in [1.165, 1.54) is 6.07 Å². The van der Waals surface area contributed by atoms with Crippen LogP contribution < -0.4 is 4.74 Å². The highest BCUT2D eigenvalue weighted by Gasteiger charge is 2.27. The molecule has 146 valence electrons. The molecule has 6 heteroatoms. The summed E-state index contributed by atoms with van der Waals surface area (Å²) >= 11 is 0. The fourth-order valence-electron chi connectivity index (χ4n) is 3.63. The number of halogens is 1. The first-order chi connectivity index (χ1) is 13.1. The van der Waals surface area contributed by atoms with E-state index in [1.807, 2.05) is 18.2 Å². The van der Waals surface area contributed by atoms with Gasteiger partial charge in [0, 0.05) is 56.5 Å². The first-order valence-corrected chi connectivity index (χ1v) is 9.27. The summed E-state index contributed by atoms with van der Waals surface area (Å²) in [4.78, 5) is 4.49. The molecule has 0 spiro atoms. The summed E-state index contributed by atoms with van der Waals surface area (Å²) in [6.07, 6.45) is 0.634. The van der Waals surface area contributed by atoms with Crippen LogP contribution in [0.1, 0.15) is 17.5 Å². The number of aliphatic hydroxyl groups is 1. The number of nitrogens with zero attached hydrogens (tertiary/aromatic N) is 2. The number of hydrogen-bond acceptors (Lipinski definition) is 5. The summed E-state index contributed by atoms with van der Waals surface area (Å²) < 4.78 is 19.3. The van der Waals surface area contributed by atoms with E-state index in [9.17, 15) is 14.6 Å². The molecule has 1 fully saturated rings. The predicted molar refractivity (Wildman–Crippen MR) is 102 cm³/mol. The standard InChI is InChI=1S/C21H27FN2O3/c1-27-19-6-7-21(26)17(12-19)13-23-9-10-24(18(15-23)8-11-25)14-16-4-2-3-5-20(16)22/h2-7,12,18,25-26H,8-11,13-15H2,1H3. The van der Waals surface area contributed by atoms with Crippen LogP contribution in [0.3, 0.4) is 0 Å². The molecule has 5 nitrogen and oxygen atoms in total. The number of methoxy groups -OCH3 is 1. The highest BCUT2D eigenvalue weighted by Crippen LogP contribution is 2.26. The largest absolute Gasteiger partial charge is 0.508 e. The highest BCUT2D eigenvalue weighted by atomic mass is 19.1. The van der Waals surface area contributed by atoms with Gasteiger partial charge in [0.1, 0.15) is 17.3 Å². The summed E-state index contributed by atoms with van der Waals surface area (Å²) in [5.74, 6) is 0.778. The Kier molecular flexibility index (Phi) is 6.66. The van der Waals surface area contributed by atoms with Crippen molar-refractivity contribution in [3.05, 3.63) is 59.4 Å². The van der Waals surface area contributed by atoms with E-state index >= 15 is 0 Å². The van der Waals surface area contributed by atoms with Crippen molar-refractivity contribution < 1.29 is 19.3 Å². The average molecular weight is 374 g/mol. The summed E-state index contributed by atoms with van der Waals surface area (Å²) in [5, 5.41) is 19.6. The smallest absolute Gasteiger partial charge is 0.127 e. The van der Waals surface area contributed by atoms with Crippen LogP contribution >= 0.6 is 0 Å². The summed E-state index contributed by atoms with van der Waals surface area (Å²) in [6.45, 7) is 3.59. The molecule has 2 aromatic rings. The van der Waals surface area contributed by atoms with Crippen LogP contribution in [-0.2, 0) is 13.1 Å². The molecule has 2 N–H and O–H groups in total. The van der Waals surface area contributed by atoms with Crippen molar-refractivity contribution >= 4 is 0 Å². The number of rotatable bonds is 7. The van der Waals surface area contributed by atoms with Gasteiger partial charge in [-0.05, 0) is 30.7 Å². The molecule has 1 saturated heterocycles. The minimum Gasteiger partial charge on any atom is -0.508 e. The Hall–Kier alpha value is -2.15. The minimum atomic E-state index is -0.191. The SMILES string of the molecule is COc1ccc(O)c(CN2CCN(Cc3ccccc3F)C(CCO)C2)c1. The van der Waals surface area contributed by atoms with E-state index < -0.39 is 0 Å². The number of hydrogen-bond donors (Lipinski definition) is 2. The van der Waals surface area contributed by atoms with Gasteiger partial charge in [-0.25, -0.2) is 4.39 Å². The molecule has 0 aliphatic carbocycles. The Bertz CT molecular complexity index is 756. The Morgan fingerprint density at radius 1 is 1.11 bits per heavy atom. The van der Waals surface area contributed by atoms with Crippen LogP contribution in [0, 0.1) is 5.82 Å². The van der Waals surface area contributed by atoms with E-state index in [0.29, 0.717) is 30.8 Å². The van der Waals surface area contributed by atoms with Gasteiger partial charge in [0.15, 0.2) is 0 Å². The minimum absolute atomic E-state index is 0.0939. The van der Waals surface area contributed by atoms with Gasteiger partial charge < -0.3 is 14.9 Å². The Morgan fingerprint density at radius 3 is 2.67 bits per heavy atom. The van der Waals surface area contributed by atoms with Crippen LogP contribution in [0.25, 0.3) is 0 Å². The van der Waals surface area contributed by atoms with E-state index in [-0.39, 0.29) is 24.2 Å². The normalized spacial score (nSPS) is 18.6. The van der Waals surface area contributed by atoms with Crippen molar-refractivity contribution in [1.82, 2.24) is 9.80 Å². The topological polar surface area (TPSA) is 56.2 Å². The van der Waals surface area contributed by atoms with Gasteiger partial charge in [0.2, 0.25) is 0 Å². The van der Waals surface area contributed by atoms with Gasteiger partial charge in [-0.15, -0.1) is 0 Å². The van der Waals surface area contributed by atoms with Crippen LogP contribution in [0.5, 0.6) is 11.5 Å². The van der Waals surface area contributed by atoms with E-state index in [1.54, 1.807) is 25.3 Å². The van der Waals surface area contributed by atoms with Crippen molar-refractivity contribution in [3.8, 4) is 11.5 Å². The maximum absolute atomic E-state index is 14.0. The number of piperazine rings is 1. The molecule has 0 amide bonds. The highest BCUT2D eigenvalue weighted by molar-refractivity contribution is 5.39. The van der Waals surface area contributed by atoms with Crippen molar-refractivity contribution in [2.45, 2.75) is 25.6 Å². The number of ether oxygens (including phenoxy) is 1. The van der Waals surface area contributed by atoms with Gasteiger partial charge in [-0.3, -0.25) is 9.80 Å². The zero-order valence-electron chi connectivity index (χ0n) is 15.6. The summed E-state index contributed by atoms with van der Waals surface area (Å²) in [7, 11) is 1.61. The second kappa shape index (κ2) is 9.17. The molecule has 0 bridgehead atoms. The Labute approximate surface area is 159 Å². The van der Waals surface area contributed by atoms with Gasteiger partial charge in [0.05, 0.1) is 7.11 Å². The molecule has 0 saturated carbocycles. The molecular formula is C21H27FN2O3. The predicted octanol–water partition coefficient (Wildman–Crippen LogP) is 2.61. The lowest BCUT2D eigenvalue weighted by molar-refractivity contribution is 0.0489. The van der Waals surface area contributed by atoms with Crippen LogP contribution in [-0.4, -0.2) is 59.4 Å². The van der Waals surface area contributed by atoms with Crippen LogP contribution in [0.2, 0.25) is 0 Å². The van der Waals surface area contributed by atoms with E-state index in [4.69, 9.17) is 4.74 Å². The summed E-state index contributed by atoms with van der Waals surface area (Å²) in [6, 6.07) is 12.2. The third-order valence-electron chi connectivity index (χ3n) is 5.16. The zero-order valence-corrected chi connectivity index (χ0v) is 15.6. The van der Waals surface area contributed by atoms with Crippen molar-refractivity contribution in [3.63, 3.8) is 0 Å². The molecule has 2 aromatic carbocycles. The van der Waals surface area contributed by atoms with Gasteiger partial charge in [-0.2, -0.15) is 0 Å². The fourth-order valence-corrected chi connectivity index (χ4v) is 3.63. The molecule has 1 aliphatic rings. The van der Waals surface area contributed by atoms with Crippen LogP contribution in [0.4, 0.5) is 4.39 Å². The molecule has 0 aromatic heterocycles. The lowest BCUT2D eigenvalue weighted by Crippen LogP contribution is -2.52. The maximum Gasteiger partial charge on any atom is 0.127 e. The number of aromatic hydroxyl groups is 1. The van der Waals surface area contributed by atoms with Gasteiger partial charge >= 0.3 is 0 Å². The second-order valence-electron chi connectivity index (χ2n) is 6.96. The third kappa shape index (κ3) is 4.97. The Balaban J connectivity index is 1.68. The second-order valence-corrected chi connectivity index (χ2v) is 6.96. The number of phenols is 1. The number of aliphatic hydroxyl groups excluding tert-OH is 1. The fraction of sp³-hybridized carbons (Fsp3) is 0.429. The lowest BCUT2D eigenvalue weighted by atomic mass is 10.1. The first kappa shape index (κ1) is 19.6. The molecule has 3 rings (SSSR count). The Morgan fingerprint density at radius 2 is 1.93 bits per heavy atom. The molecule has 0 radical (unpaired) electrons. The van der Waals surface area contributed by atoms with Crippen LogP contribution in [0.15, 0.2) is 42.5 Å². The molecule has 1 unspecified atom stereocenters. The third-order valence-corrected chi connectivity index (χ3v) is 5.16. The van der Waals surface area contributed by atoms with Gasteiger partial charge in [-0.1, -0.05) is 18.2 Å². The first-order valence-electron chi connectivity index (χ1n) is 9.27. The van der Waals surface area contributed by atoms with E-state index in [2.05, 4.69) is 9.80 Å². The van der Waals surface area contributed by atoms with E-state index in [0.717, 1.165) is 25.2 Å². The molecule has 1 atom stereocenters. The maximum atomic E-state index is 14.0. The summed E-state index contributed by atoms with van der Waals surface area (Å²) in [5.41, 5.74) is 1.50. The van der Waals surface area contributed by atoms with Crippen molar-refractivity contribution in [1.29, 1.82) is 0 Å². The monoisotopic (exact) mass is 374 g/mol. The molecular weight excluding hydrogens is 347 g/mol. The lowest BCUT2D eigenvalue weighted by Gasteiger charge is -2.41. The van der Waals surface area contributed by atoms with Crippen molar-refractivity contribution in [2.24, 2.45) is 0 Å². The molecule has 1 aliphatic heterocycles. The molecule has 27 heavy (non-hydrogen) atoms. The number of benzene rings is 2. The number of phenolic OH excluding ortho intramolecular Hbond substituents is 1. The molecule has 1 heterocycles. The van der Waals surface area contributed by atoms with Gasteiger partial charge in [0.25, 0.3) is 0 Å². The van der Waals surface area contributed by atoms with Crippen molar-refractivity contribution in [2.75, 3.05) is 33.4 Å². The zero-order chi connectivity index (χ0) is 19.2.